The maximum atomic E-state index is 11.4. The third-order valence-electron chi connectivity index (χ3n) is 2.84. The number of carbonyl (C=O) groups is 1. The zero-order valence-corrected chi connectivity index (χ0v) is 13.5. The number of esters is 1. The maximum Gasteiger partial charge on any atom is 0.306 e. The van der Waals surface area contributed by atoms with Crippen LogP contribution in [0.1, 0.15) is 32.3 Å². The number of nitrogens with two attached hydrogens (primary N) is 1. The van der Waals surface area contributed by atoms with Crippen LogP contribution in [0.25, 0.3) is 0 Å². The lowest BCUT2D eigenvalue weighted by molar-refractivity contribution is -0.147. The van der Waals surface area contributed by atoms with Crippen molar-refractivity contribution >= 4 is 11.9 Å². The molecule has 1 rings (SSSR count). The van der Waals surface area contributed by atoms with Crippen LogP contribution in [0.3, 0.4) is 0 Å². The highest BCUT2D eigenvalue weighted by molar-refractivity contribution is 5.77. The number of nitrogens with one attached hydrogen (secondary N) is 1. The molecule has 122 valence electrons. The predicted octanol–water partition coefficient (Wildman–Crippen LogP) is 1.83. The van der Waals surface area contributed by atoms with E-state index in [1.807, 2.05) is 38.1 Å². The van der Waals surface area contributed by atoms with Crippen molar-refractivity contribution in [1.29, 1.82) is 0 Å². The average molecular weight is 307 g/mol. The minimum absolute atomic E-state index is 0.0760. The van der Waals surface area contributed by atoms with Crippen LogP contribution in [-0.2, 0) is 16.1 Å². The Hall–Kier alpha value is -2.24. The van der Waals surface area contributed by atoms with Gasteiger partial charge in [-0.05, 0) is 26.3 Å². The van der Waals surface area contributed by atoms with E-state index in [4.69, 9.17) is 15.2 Å². The monoisotopic (exact) mass is 307 g/mol. The summed E-state index contributed by atoms with van der Waals surface area (Å²) >= 11 is 0. The molecule has 6 nitrogen and oxygen atoms in total. The van der Waals surface area contributed by atoms with Gasteiger partial charge in [-0.3, -0.25) is 4.79 Å². The fourth-order valence-corrected chi connectivity index (χ4v) is 1.83. The highest BCUT2D eigenvalue weighted by Gasteiger charge is 2.05. The average Bonchev–Trinajstić information content (AvgIpc) is 2.49. The molecule has 0 fully saturated rings. The van der Waals surface area contributed by atoms with Crippen molar-refractivity contribution in [3.8, 4) is 5.75 Å². The fraction of sp³-hybridized carbons (Fsp3) is 0.500. The van der Waals surface area contributed by atoms with E-state index >= 15 is 0 Å². The first-order chi connectivity index (χ1) is 10.5. The van der Waals surface area contributed by atoms with Gasteiger partial charge in [0.2, 0.25) is 0 Å². The molecule has 0 bridgehead atoms. The number of nitrogens with zero attached hydrogens (tertiary/aromatic N) is 1. The molecule has 22 heavy (non-hydrogen) atoms. The zero-order valence-electron chi connectivity index (χ0n) is 13.5. The number of methoxy groups -OCH3 is 1. The summed E-state index contributed by atoms with van der Waals surface area (Å²) in [6.45, 7) is 4.68. The molecular formula is C16H25N3O3. The maximum absolute atomic E-state index is 11.4. The number of guanidine groups is 1. The summed E-state index contributed by atoms with van der Waals surface area (Å²) in [6.07, 6.45) is 0.939. The van der Waals surface area contributed by atoms with Crippen LogP contribution in [0.2, 0.25) is 0 Å². The van der Waals surface area contributed by atoms with Crippen molar-refractivity contribution in [2.75, 3.05) is 13.7 Å². The molecule has 0 heterocycles. The van der Waals surface area contributed by atoms with E-state index in [0.717, 1.165) is 11.3 Å². The van der Waals surface area contributed by atoms with Crippen molar-refractivity contribution in [2.45, 2.75) is 39.3 Å². The van der Waals surface area contributed by atoms with Gasteiger partial charge >= 0.3 is 5.97 Å². The van der Waals surface area contributed by atoms with Crippen molar-refractivity contribution in [1.82, 2.24) is 5.32 Å². The summed E-state index contributed by atoms with van der Waals surface area (Å²) in [6, 6.07) is 7.66. The summed E-state index contributed by atoms with van der Waals surface area (Å²) in [5, 5.41) is 2.98. The number of hydrogen-bond acceptors (Lipinski definition) is 4. The lowest BCUT2D eigenvalue weighted by atomic mass is 10.2. The highest BCUT2D eigenvalue weighted by Crippen LogP contribution is 2.17. The van der Waals surface area contributed by atoms with E-state index < -0.39 is 0 Å². The summed E-state index contributed by atoms with van der Waals surface area (Å²) in [4.78, 5) is 15.6. The molecule has 0 aliphatic rings. The number of ether oxygens (including phenoxy) is 2. The smallest absolute Gasteiger partial charge is 0.306 e. The lowest BCUT2D eigenvalue weighted by Gasteiger charge is -2.09. The van der Waals surface area contributed by atoms with Crippen LogP contribution < -0.4 is 15.8 Å². The molecule has 0 aliphatic heterocycles. The molecule has 3 N–H and O–H groups in total. The molecule has 0 radical (unpaired) electrons. The van der Waals surface area contributed by atoms with Gasteiger partial charge < -0.3 is 20.5 Å². The minimum atomic E-state index is -0.193. The molecule has 0 atom stereocenters. The number of carbonyl (C=O) groups excluding carboxylic acids is 1. The summed E-state index contributed by atoms with van der Waals surface area (Å²) < 4.78 is 10.3. The van der Waals surface area contributed by atoms with Gasteiger partial charge in [-0.15, -0.1) is 0 Å². The van der Waals surface area contributed by atoms with Crippen molar-refractivity contribution in [2.24, 2.45) is 10.7 Å². The number of hydrogen-bond donors (Lipinski definition) is 2. The van der Waals surface area contributed by atoms with E-state index in [9.17, 15) is 4.79 Å². The van der Waals surface area contributed by atoms with E-state index in [1.165, 1.54) is 0 Å². The Morgan fingerprint density at radius 3 is 2.77 bits per heavy atom. The molecule has 1 aromatic carbocycles. The Balaban J connectivity index is 2.30. The molecule has 0 amide bonds. The summed E-state index contributed by atoms with van der Waals surface area (Å²) in [5.41, 5.74) is 6.76. The van der Waals surface area contributed by atoms with Crippen LogP contribution in [0.15, 0.2) is 29.3 Å². The van der Waals surface area contributed by atoms with E-state index in [2.05, 4.69) is 10.3 Å². The third kappa shape index (κ3) is 6.97. The second-order valence-corrected chi connectivity index (χ2v) is 5.08. The second kappa shape index (κ2) is 9.65. The first-order valence-corrected chi connectivity index (χ1v) is 7.38. The molecule has 0 unspecified atom stereocenters. The Morgan fingerprint density at radius 1 is 1.36 bits per heavy atom. The minimum Gasteiger partial charge on any atom is -0.496 e. The number of para-hydroxylation sites is 1. The molecule has 0 aromatic heterocycles. The first-order valence-electron chi connectivity index (χ1n) is 7.38. The van der Waals surface area contributed by atoms with Gasteiger partial charge in [0.25, 0.3) is 0 Å². The van der Waals surface area contributed by atoms with Crippen LogP contribution in [0.5, 0.6) is 5.75 Å². The third-order valence-corrected chi connectivity index (χ3v) is 2.84. The van der Waals surface area contributed by atoms with E-state index in [1.54, 1.807) is 7.11 Å². The van der Waals surface area contributed by atoms with Crippen molar-refractivity contribution < 1.29 is 14.3 Å². The van der Waals surface area contributed by atoms with Crippen molar-refractivity contribution in [3.63, 3.8) is 0 Å². The lowest BCUT2D eigenvalue weighted by Crippen LogP contribution is -2.32. The zero-order chi connectivity index (χ0) is 16.4. The SMILES string of the molecule is COc1ccccc1CN=C(N)NCCCC(=O)OC(C)C. The quantitative estimate of drug-likeness (QED) is 0.331. The Morgan fingerprint density at radius 2 is 2.09 bits per heavy atom. The Labute approximate surface area is 131 Å². The van der Waals surface area contributed by atoms with Crippen LogP contribution in [0, 0.1) is 0 Å². The van der Waals surface area contributed by atoms with E-state index in [0.29, 0.717) is 31.9 Å². The number of aliphatic imine (C=N–C) groups is 1. The Bertz CT molecular complexity index is 501. The van der Waals surface area contributed by atoms with Gasteiger partial charge in [0.05, 0.1) is 19.8 Å². The summed E-state index contributed by atoms with van der Waals surface area (Å²) in [5.74, 6) is 0.944. The van der Waals surface area contributed by atoms with Gasteiger partial charge in [-0.25, -0.2) is 4.99 Å². The molecule has 0 aliphatic carbocycles. The topological polar surface area (TPSA) is 85.9 Å². The summed E-state index contributed by atoms with van der Waals surface area (Å²) in [7, 11) is 1.63. The van der Waals surface area contributed by atoms with Crippen LogP contribution >= 0.6 is 0 Å². The Kier molecular flexibility index (Phi) is 7.81. The molecular weight excluding hydrogens is 282 g/mol. The first kappa shape index (κ1) is 17.8. The largest absolute Gasteiger partial charge is 0.496 e. The molecule has 0 spiro atoms. The molecule has 0 saturated carbocycles. The van der Waals surface area contributed by atoms with Crippen LogP contribution in [0.4, 0.5) is 0 Å². The van der Waals surface area contributed by atoms with E-state index in [-0.39, 0.29) is 12.1 Å². The van der Waals surface area contributed by atoms with Gasteiger partial charge in [0, 0.05) is 18.5 Å². The van der Waals surface area contributed by atoms with Gasteiger partial charge in [-0.1, -0.05) is 18.2 Å². The normalized spacial score (nSPS) is 11.4. The van der Waals surface area contributed by atoms with Gasteiger partial charge in [0.15, 0.2) is 5.96 Å². The standard InChI is InChI=1S/C16H25N3O3/c1-12(2)22-15(20)9-6-10-18-16(17)19-11-13-7-4-5-8-14(13)21-3/h4-5,7-8,12H,6,9-11H2,1-3H3,(H3,17,18,19). The molecule has 1 aromatic rings. The highest BCUT2D eigenvalue weighted by atomic mass is 16.5. The second-order valence-electron chi connectivity index (χ2n) is 5.08. The molecule has 0 saturated heterocycles. The van der Waals surface area contributed by atoms with Gasteiger partial charge in [-0.2, -0.15) is 0 Å². The molecule has 6 heteroatoms. The number of rotatable bonds is 8. The van der Waals surface area contributed by atoms with Crippen LogP contribution in [-0.4, -0.2) is 31.7 Å². The van der Waals surface area contributed by atoms with Crippen molar-refractivity contribution in [3.05, 3.63) is 29.8 Å². The predicted molar refractivity (Wildman–Crippen MR) is 86.8 cm³/mol. The van der Waals surface area contributed by atoms with Gasteiger partial charge in [0.1, 0.15) is 5.75 Å². The fourth-order valence-electron chi connectivity index (χ4n) is 1.83. The number of benzene rings is 1.